The van der Waals surface area contributed by atoms with Crippen molar-refractivity contribution in [2.75, 3.05) is 20.7 Å². The number of methoxy groups -OCH3 is 1. The maximum absolute atomic E-state index is 14.2. The van der Waals surface area contributed by atoms with Gasteiger partial charge in [-0.25, -0.2) is 0 Å². The van der Waals surface area contributed by atoms with Crippen LogP contribution >= 0.6 is 0 Å². The minimum absolute atomic E-state index is 0.0277. The van der Waals surface area contributed by atoms with Gasteiger partial charge in [-0.05, 0) is 86.7 Å². The molecule has 52 heavy (non-hydrogen) atoms. The van der Waals surface area contributed by atoms with Crippen molar-refractivity contribution in [1.29, 1.82) is 0 Å². The van der Waals surface area contributed by atoms with E-state index in [0.717, 1.165) is 19.4 Å². The third-order valence-corrected chi connectivity index (χ3v) is 12.9. The van der Waals surface area contributed by atoms with E-state index in [1.165, 1.54) is 6.92 Å². The molecule has 4 aliphatic rings. The van der Waals surface area contributed by atoms with Gasteiger partial charge < -0.3 is 53.4 Å². The molecule has 4 rings (SSSR count). The summed E-state index contributed by atoms with van der Waals surface area (Å²) in [5.74, 6) is -2.47. The van der Waals surface area contributed by atoms with Gasteiger partial charge in [-0.2, -0.15) is 0 Å². The summed E-state index contributed by atoms with van der Waals surface area (Å²) >= 11 is 0. The highest BCUT2D eigenvalue weighted by Gasteiger charge is 2.57. The van der Waals surface area contributed by atoms with Gasteiger partial charge in [0.2, 0.25) is 0 Å². The normalized spacial score (nSPS) is 49.6. The third-order valence-electron chi connectivity index (χ3n) is 12.9. The van der Waals surface area contributed by atoms with E-state index in [0.29, 0.717) is 32.1 Å². The van der Waals surface area contributed by atoms with E-state index in [1.54, 1.807) is 14.0 Å². The van der Waals surface area contributed by atoms with Gasteiger partial charge in [0.05, 0.1) is 53.7 Å². The van der Waals surface area contributed by atoms with Crippen LogP contribution in [0.3, 0.4) is 0 Å². The highest BCUT2D eigenvalue weighted by molar-refractivity contribution is 5.73. The average molecular weight is 744 g/mol. The summed E-state index contributed by atoms with van der Waals surface area (Å²) in [7, 11) is 3.72. The van der Waals surface area contributed by atoms with Crippen LogP contribution in [0.15, 0.2) is 0 Å². The molecule has 4 heterocycles. The molecule has 4 aliphatic heterocycles. The fraction of sp³-hybridized carbons (Fsp3) is 0.975. The second-order valence-electron chi connectivity index (χ2n) is 17.6. The molecule has 0 aromatic rings. The monoisotopic (exact) mass is 744 g/mol. The number of esters is 1. The zero-order valence-electron chi connectivity index (χ0n) is 34.4. The maximum atomic E-state index is 14.2. The Morgan fingerprint density at radius 3 is 2.21 bits per heavy atom. The van der Waals surface area contributed by atoms with Crippen molar-refractivity contribution < 1.29 is 53.3 Å². The summed E-state index contributed by atoms with van der Waals surface area (Å²) in [6.45, 7) is 22.1. The largest absolute Gasteiger partial charge is 0.459 e. The topological polar surface area (TPSA) is 146 Å². The Bertz CT molecular complexity index is 1160. The maximum Gasteiger partial charge on any atom is 0.311 e. The SMILES string of the molecule is CCCCN(C)[C@H]1C[C@@H](C)O[C@@H](O[C@@H]2[C@@H](C)[C@H](O[C@H]3C[C@@](C)(OC)C[C@H](C)O3)[C@@H](C)C(=O)O[C@H](CC)[C@@](C)(O)[C@H](O)[C@@H](C)[C@@H]3O[C@@]2(C)C[C@@H]3C)[C@@H]1O. The lowest BCUT2D eigenvalue weighted by Crippen LogP contribution is -2.60. The Morgan fingerprint density at radius 1 is 0.923 bits per heavy atom. The standard InChI is InChI=1S/C40H73NO11/c1-14-16-17-41(12)28-18-23(4)48-37(31(28)42)51-35-26(7)33(50-30-21-38(9,46-13)20-24(5)47-30)27(8)36(44)49-29(15-2)40(11,45)34(43)25(6)32-22(3)19-39(35,10)52-32/h22-35,37,42-43,45H,14-21H2,1-13H3/t22-,23+,24-,25-,26-,27+,28-,29+,30-,31+,32+,33-,34+,35+,37-,38-,39-,40+/m0/s1. The van der Waals surface area contributed by atoms with Crippen molar-refractivity contribution in [1.82, 2.24) is 4.90 Å². The highest BCUT2D eigenvalue weighted by Crippen LogP contribution is 2.48. The van der Waals surface area contributed by atoms with Crippen LogP contribution in [0, 0.1) is 23.7 Å². The van der Waals surface area contributed by atoms with Crippen LogP contribution in [0.2, 0.25) is 0 Å². The first kappa shape index (κ1) is 43.8. The first-order valence-corrected chi connectivity index (χ1v) is 20.1. The Balaban J connectivity index is 1.81. The number of nitrogens with zero attached hydrogens (tertiary/aromatic N) is 1. The quantitative estimate of drug-likeness (QED) is 0.264. The van der Waals surface area contributed by atoms with E-state index in [1.807, 2.05) is 55.5 Å². The van der Waals surface area contributed by atoms with Crippen LogP contribution in [0.25, 0.3) is 0 Å². The molecule has 12 nitrogen and oxygen atoms in total. The van der Waals surface area contributed by atoms with Gasteiger partial charge in [0.25, 0.3) is 0 Å². The predicted molar refractivity (Wildman–Crippen MR) is 196 cm³/mol. The van der Waals surface area contributed by atoms with Crippen molar-refractivity contribution in [2.24, 2.45) is 23.7 Å². The molecule has 3 N–H and O–H groups in total. The van der Waals surface area contributed by atoms with Crippen molar-refractivity contribution in [3.8, 4) is 0 Å². The minimum atomic E-state index is -1.76. The second kappa shape index (κ2) is 17.5. The smallest absolute Gasteiger partial charge is 0.311 e. The lowest BCUT2D eigenvalue weighted by molar-refractivity contribution is -0.312. The van der Waals surface area contributed by atoms with Gasteiger partial charge in [-0.3, -0.25) is 4.79 Å². The molecule has 2 bridgehead atoms. The van der Waals surface area contributed by atoms with Crippen molar-refractivity contribution in [3.05, 3.63) is 0 Å². The number of hydrogen-bond acceptors (Lipinski definition) is 12. The average Bonchev–Trinajstić information content (AvgIpc) is 3.40. The molecule has 0 aliphatic carbocycles. The van der Waals surface area contributed by atoms with Crippen LogP contribution in [-0.4, -0.2) is 131 Å². The van der Waals surface area contributed by atoms with Crippen LogP contribution in [0.5, 0.6) is 0 Å². The van der Waals surface area contributed by atoms with Crippen molar-refractivity contribution >= 4 is 5.97 Å². The molecule has 0 radical (unpaired) electrons. The van der Waals surface area contributed by atoms with E-state index in [2.05, 4.69) is 18.7 Å². The lowest BCUT2D eigenvalue weighted by Gasteiger charge is -2.48. The van der Waals surface area contributed by atoms with E-state index in [4.69, 9.17) is 33.2 Å². The van der Waals surface area contributed by atoms with Gasteiger partial charge >= 0.3 is 5.97 Å². The number of carbonyl (C=O) groups excluding carboxylic acids is 1. The molecule has 0 saturated carbocycles. The Hall–Kier alpha value is -0.930. The fourth-order valence-corrected chi connectivity index (χ4v) is 9.75. The van der Waals surface area contributed by atoms with Crippen molar-refractivity contribution in [2.45, 2.75) is 205 Å². The summed E-state index contributed by atoms with van der Waals surface area (Å²) < 4.78 is 45.7. The number of cyclic esters (lactones) is 1. The number of aliphatic hydroxyl groups excluding tert-OH is 2. The number of hydrogen-bond donors (Lipinski definition) is 3. The number of rotatable bonds is 10. The van der Waals surface area contributed by atoms with E-state index in [-0.39, 0.29) is 24.2 Å². The second-order valence-corrected chi connectivity index (χ2v) is 17.6. The number of fused-ring (bicyclic) bond motifs is 2. The van der Waals surface area contributed by atoms with E-state index in [9.17, 15) is 20.1 Å². The highest BCUT2D eigenvalue weighted by atomic mass is 16.7. The first-order valence-electron chi connectivity index (χ1n) is 20.1. The number of carbonyl (C=O) groups is 1. The number of unbranched alkanes of at least 4 members (excludes halogenated alkanes) is 1. The molecule has 12 heteroatoms. The van der Waals surface area contributed by atoms with Crippen molar-refractivity contribution in [3.63, 3.8) is 0 Å². The Kier molecular flexibility index (Phi) is 14.7. The molecular formula is C40H73NO11. The van der Waals surface area contributed by atoms with Gasteiger partial charge in [0.15, 0.2) is 12.6 Å². The summed E-state index contributed by atoms with van der Waals surface area (Å²) in [5, 5.41) is 35.4. The molecule has 0 aromatic carbocycles. The Morgan fingerprint density at radius 2 is 1.60 bits per heavy atom. The number of aliphatic hydroxyl groups is 3. The van der Waals surface area contributed by atoms with Gasteiger partial charge in [-0.15, -0.1) is 0 Å². The molecule has 4 saturated heterocycles. The van der Waals surface area contributed by atoms with E-state index < -0.39 is 89.7 Å². The summed E-state index contributed by atoms with van der Waals surface area (Å²) in [6.07, 6.45) is -2.49. The van der Waals surface area contributed by atoms with Crippen LogP contribution < -0.4 is 0 Å². The zero-order valence-corrected chi connectivity index (χ0v) is 34.4. The molecular weight excluding hydrogens is 670 g/mol. The first-order chi connectivity index (χ1) is 24.2. The molecule has 4 fully saturated rings. The summed E-state index contributed by atoms with van der Waals surface area (Å²) in [6, 6.07) is -0.178. The van der Waals surface area contributed by atoms with Gasteiger partial charge in [-0.1, -0.05) is 41.0 Å². The molecule has 0 aromatic heterocycles. The summed E-state index contributed by atoms with van der Waals surface area (Å²) in [5.41, 5.74) is -3.21. The minimum Gasteiger partial charge on any atom is -0.459 e. The lowest BCUT2D eigenvalue weighted by atomic mass is 9.76. The fourth-order valence-electron chi connectivity index (χ4n) is 9.75. The van der Waals surface area contributed by atoms with E-state index >= 15 is 0 Å². The molecule has 18 atom stereocenters. The van der Waals surface area contributed by atoms with Gasteiger partial charge in [0.1, 0.15) is 17.8 Å². The summed E-state index contributed by atoms with van der Waals surface area (Å²) in [4.78, 5) is 16.4. The molecule has 0 unspecified atom stereocenters. The predicted octanol–water partition coefficient (Wildman–Crippen LogP) is 4.82. The Labute approximate surface area is 313 Å². The van der Waals surface area contributed by atoms with Crippen LogP contribution in [0.4, 0.5) is 0 Å². The molecule has 0 spiro atoms. The third kappa shape index (κ3) is 9.36. The molecule has 0 amide bonds. The zero-order chi connectivity index (χ0) is 38.9. The van der Waals surface area contributed by atoms with Gasteiger partial charge in [0, 0.05) is 37.8 Å². The van der Waals surface area contributed by atoms with Crippen LogP contribution in [0.1, 0.15) is 121 Å². The number of ether oxygens (including phenoxy) is 7. The number of likely N-dealkylation sites (N-methyl/N-ethyl adjacent to an activating group) is 1. The molecule has 304 valence electrons. The van der Waals surface area contributed by atoms with Crippen LogP contribution in [-0.2, 0) is 38.0 Å².